The summed E-state index contributed by atoms with van der Waals surface area (Å²) in [5, 5.41) is 32.2. The number of hydrogen-bond acceptors (Lipinski definition) is 6. The molecule has 0 saturated carbocycles. The Kier molecular flexibility index (Phi) is 5.36. The number of benzene rings is 1. The maximum Gasteiger partial charge on any atom is 0.327 e. The highest BCUT2D eigenvalue weighted by atomic mass is 16.4. The number of urea groups is 1. The summed E-state index contributed by atoms with van der Waals surface area (Å²) >= 11 is 0. The SMILES string of the molecule is CC(NC(=O)N1C(O)[C@H](Cc2ccnc(N)c2)[C@H]1C(=O)O)c1cccc(O)c1. The lowest BCUT2D eigenvalue weighted by atomic mass is 9.81. The molecule has 6 N–H and O–H groups in total. The molecule has 1 saturated heterocycles. The second-order valence-corrected chi connectivity index (χ2v) is 6.83. The van der Waals surface area contributed by atoms with Gasteiger partial charge in [0.2, 0.25) is 0 Å². The number of anilines is 1. The highest BCUT2D eigenvalue weighted by molar-refractivity contribution is 5.85. The minimum absolute atomic E-state index is 0.0580. The van der Waals surface area contributed by atoms with E-state index in [1.807, 2.05) is 0 Å². The average molecular weight is 386 g/mol. The number of carbonyl (C=O) groups excluding carboxylic acids is 1. The molecule has 2 aromatic rings. The molecule has 0 spiro atoms. The van der Waals surface area contributed by atoms with E-state index in [0.29, 0.717) is 11.4 Å². The number of nitrogens with zero attached hydrogens (tertiary/aromatic N) is 2. The number of hydrogen-bond donors (Lipinski definition) is 5. The van der Waals surface area contributed by atoms with Gasteiger partial charge in [0.25, 0.3) is 0 Å². The number of aliphatic hydroxyl groups is 1. The minimum Gasteiger partial charge on any atom is -0.508 e. The maximum atomic E-state index is 12.6. The van der Waals surface area contributed by atoms with Crippen molar-refractivity contribution in [3.63, 3.8) is 0 Å². The Morgan fingerprint density at radius 1 is 1.32 bits per heavy atom. The van der Waals surface area contributed by atoms with Gasteiger partial charge in [-0.15, -0.1) is 0 Å². The summed E-state index contributed by atoms with van der Waals surface area (Å²) in [4.78, 5) is 29.1. The Bertz CT molecular complexity index is 890. The summed E-state index contributed by atoms with van der Waals surface area (Å²) in [7, 11) is 0. The van der Waals surface area contributed by atoms with Crippen molar-refractivity contribution in [3.8, 4) is 5.75 Å². The molecule has 4 atom stereocenters. The van der Waals surface area contributed by atoms with Crippen molar-refractivity contribution >= 4 is 17.8 Å². The van der Waals surface area contributed by atoms with E-state index in [1.165, 1.54) is 18.3 Å². The van der Waals surface area contributed by atoms with E-state index in [9.17, 15) is 24.9 Å². The average Bonchev–Trinajstić information content (AvgIpc) is 2.63. The lowest BCUT2D eigenvalue weighted by molar-refractivity contribution is -0.180. The Labute approximate surface area is 161 Å². The van der Waals surface area contributed by atoms with Crippen molar-refractivity contribution < 1.29 is 24.9 Å². The number of carboxylic acid groups (broad SMARTS) is 1. The number of phenols is 1. The second kappa shape index (κ2) is 7.73. The molecular weight excluding hydrogens is 364 g/mol. The van der Waals surface area contributed by atoms with Crippen LogP contribution < -0.4 is 11.1 Å². The van der Waals surface area contributed by atoms with Crippen LogP contribution in [0, 0.1) is 5.92 Å². The number of rotatable bonds is 5. The monoisotopic (exact) mass is 386 g/mol. The van der Waals surface area contributed by atoms with Crippen molar-refractivity contribution in [2.75, 3.05) is 5.73 Å². The summed E-state index contributed by atoms with van der Waals surface area (Å²) in [6.07, 6.45) is 0.510. The Morgan fingerprint density at radius 2 is 2.07 bits per heavy atom. The van der Waals surface area contributed by atoms with Gasteiger partial charge in [0.15, 0.2) is 0 Å². The number of phenolic OH excluding ortho intramolecular Hbond substituents is 1. The molecule has 1 aliphatic rings. The van der Waals surface area contributed by atoms with Gasteiger partial charge in [0, 0.05) is 12.1 Å². The van der Waals surface area contributed by atoms with Gasteiger partial charge in [0.05, 0.1) is 6.04 Å². The van der Waals surface area contributed by atoms with Crippen LogP contribution in [0.2, 0.25) is 0 Å². The largest absolute Gasteiger partial charge is 0.508 e. The molecule has 2 heterocycles. The first-order chi connectivity index (χ1) is 13.3. The molecule has 1 fully saturated rings. The molecule has 9 nitrogen and oxygen atoms in total. The number of amides is 2. The second-order valence-electron chi connectivity index (χ2n) is 6.83. The topological polar surface area (TPSA) is 149 Å². The smallest absolute Gasteiger partial charge is 0.327 e. The number of aliphatic carboxylic acids is 1. The van der Waals surface area contributed by atoms with Crippen molar-refractivity contribution in [2.24, 2.45) is 5.92 Å². The van der Waals surface area contributed by atoms with Crippen molar-refractivity contribution in [1.82, 2.24) is 15.2 Å². The van der Waals surface area contributed by atoms with E-state index >= 15 is 0 Å². The number of carboxylic acids is 1. The van der Waals surface area contributed by atoms with E-state index in [-0.39, 0.29) is 12.2 Å². The number of aliphatic hydroxyl groups excluding tert-OH is 1. The number of carbonyl (C=O) groups is 2. The molecule has 2 amide bonds. The predicted molar refractivity (Wildman–Crippen MR) is 100 cm³/mol. The van der Waals surface area contributed by atoms with Crippen molar-refractivity contribution in [2.45, 2.75) is 31.7 Å². The van der Waals surface area contributed by atoms with Crippen LogP contribution >= 0.6 is 0 Å². The van der Waals surface area contributed by atoms with Crippen LogP contribution in [0.3, 0.4) is 0 Å². The Balaban J connectivity index is 1.70. The molecule has 1 aliphatic heterocycles. The molecule has 0 bridgehead atoms. The fraction of sp³-hybridized carbons (Fsp3) is 0.316. The first kappa shape index (κ1) is 19.4. The Morgan fingerprint density at radius 3 is 2.71 bits per heavy atom. The van der Waals surface area contributed by atoms with E-state index in [1.54, 1.807) is 31.2 Å². The van der Waals surface area contributed by atoms with Crippen molar-refractivity contribution in [1.29, 1.82) is 0 Å². The molecule has 1 aromatic heterocycles. The zero-order valence-corrected chi connectivity index (χ0v) is 15.2. The zero-order valence-electron chi connectivity index (χ0n) is 15.2. The maximum absolute atomic E-state index is 12.6. The van der Waals surface area contributed by atoms with E-state index in [4.69, 9.17) is 5.73 Å². The van der Waals surface area contributed by atoms with E-state index in [2.05, 4.69) is 10.3 Å². The number of likely N-dealkylation sites (tertiary alicyclic amines) is 1. The molecule has 28 heavy (non-hydrogen) atoms. The van der Waals surface area contributed by atoms with Gasteiger partial charge >= 0.3 is 12.0 Å². The summed E-state index contributed by atoms with van der Waals surface area (Å²) in [6.45, 7) is 1.70. The highest BCUT2D eigenvalue weighted by Crippen LogP contribution is 2.34. The van der Waals surface area contributed by atoms with Gasteiger partial charge in [0.1, 0.15) is 23.8 Å². The third kappa shape index (κ3) is 3.84. The van der Waals surface area contributed by atoms with Crippen LogP contribution in [0.25, 0.3) is 0 Å². The van der Waals surface area contributed by atoms with Crippen LogP contribution in [0.5, 0.6) is 5.75 Å². The number of aromatic nitrogens is 1. The molecule has 3 rings (SSSR count). The van der Waals surface area contributed by atoms with E-state index in [0.717, 1.165) is 10.5 Å². The van der Waals surface area contributed by atoms with Gasteiger partial charge < -0.3 is 26.4 Å². The van der Waals surface area contributed by atoms with E-state index < -0.39 is 36.2 Å². The van der Waals surface area contributed by atoms with Gasteiger partial charge in [-0.05, 0) is 48.7 Å². The lowest BCUT2D eigenvalue weighted by Crippen LogP contribution is -2.71. The number of nitrogens with two attached hydrogens (primary N) is 1. The summed E-state index contributed by atoms with van der Waals surface area (Å²) in [5.41, 5.74) is 7.02. The molecule has 0 radical (unpaired) electrons. The summed E-state index contributed by atoms with van der Waals surface area (Å²) < 4.78 is 0. The zero-order chi connectivity index (χ0) is 20.4. The lowest BCUT2D eigenvalue weighted by Gasteiger charge is -2.50. The van der Waals surface area contributed by atoms with Crippen LogP contribution in [0.1, 0.15) is 24.1 Å². The standard InChI is InChI=1S/C19H22N4O5/c1-10(12-3-2-4-13(24)9-12)22-19(28)23-16(18(26)27)14(17(23)25)7-11-5-6-21-15(20)8-11/h2-6,8-10,14,16-17,24-25H,7H2,1H3,(H2,20,21)(H,22,28)(H,26,27)/t10?,14-,16+,17?/m1/s1. The minimum atomic E-state index is -1.24. The molecular formula is C19H22N4O5. The molecule has 0 aliphatic carbocycles. The van der Waals surface area contributed by atoms with Crippen LogP contribution in [0.15, 0.2) is 42.6 Å². The van der Waals surface area contributed by atoms with Crippen molar-refractivity contribution in [3.05, 3.63) is 53.7 Å². The first-order valence-electron chi connectivity index (χ1n) is 8.77. The molecule has 2 unspecified atom stereocenters. The van der Waals surface area contributed by atoms with Crippen LogP contribution in [-0.2, 0) is 11.2 Å². The third-order valence-electron chi connectivity index (χ3n) is 4.89. The number of pyridine rings is 1. The van der Waals surface area contributed by atoms with Gasteiger partial charge in [-0.2, -0.15) is 0 Å². The normalized spacial score (nSPS) is 22.2. The highest BCUT2D eigenvalue weighted by Gasteiger charge is 2.54. The third-order valence-corrected chi connectivity index (χ3v) is 4.89. The number of aromatic hydroxyl groups is 1. The number of nitrogen functional groups attached to an aromatic ring is 1. The summed E-state index contributed by atoms with van der Waals surface area (Å²) in [5.74, 6) is -1.51. The molecule has 9 heteroatoms. The molecule has 148 valence electrons. The van der Waals surface area contributed by atoms with Gasteiger partial charge in [-0.1, -0.05) is 12.1 Å². The quantitative estimate of drug-likeness (QED) is 0.516. The predicted octanol–water partition coefficient (Wildman–Crippen LogP) is 1.09. The van der Waals surface area contributed by atoms with Crippen LogP contribution in [0.4, 0.5) is 10.6 Å². The Hall–Kier alpha value is -3.33. The molecule has 1 aromatic carbocycles. The fourth-order valence-electron chi connectivity index (χ4n) is 3.44. The van der Waals surface area contributed by atoms with Gasteiger partial charge in [-0.3, -0.25) is 4.90 Å². The fourth-order valence-corrected chi connectivity index (χ4v) is 3.44. The first-order valence-corrected chi connectivity index (χ1v) is 8.77. The van der Waals surface area contributed by atoms with Crippen LogP contribution in [-0.4, -0.2) is 49.5 Å². The number of nitrogens with one attached hydrogen (secondary N) is 1. The summed E-state index contributed by atoms with van der Waals surface area (Å²) in [6, 6.07) is 7.33. The van der Waals surface area contributed by atoms with Gasteiger partial charge in [-0.25, -0.2) is 14.6 Å².